The Kier molecular flexibility index (Phi) is 6.75. The SMILES string of the molecule is CCC(C(=O)O)N1CCC(SC(c2ccccc2)c2ccccc2)CC1. The second kappa shape index (κ2) is 9.24. The maximum absolute atomic E-state index is 11.4. The molecule has 0 spiro atoms. The zero-order valence-corrected chi connectivity index (χ0v) is 16.1. The molecule has 1 saturated heterocycles. The van der Waals surface area contributed by atoms with Gasteiger partial charge >= 0.3 is 5.97 Å². The lowest BCUT2D eigenvalue weighted by Gasteiger charge is -2.36. The molecule has 0 radical (unpaired) electrons. The van der Waals surface area contributed by atoms with Crippen LogP contribution >= 0.6 is 11.8 Å². The Morgan fingerprint density at radius 2 is 1.54 bits per heavy atom. The molecule has 4 heteroatoms. The molecule has 1 aliphatic heterocycles. The maximum Gasteiger partial charge on any atom is 0.320 e. The summed E-state index contributed by atoms with van der Waals surface area (Å²) in [5.41, 5.74) is 2.67. The van der Waals surface area contributed by atoms with Crippen LogP contribution in [0, 0.1) is 0 Å². The van der Waals surface area contributed by atoms with Gasteiger partial charge in [0.25, 0.3) is 0 Å². The Hall–Kier alpha value is -1.78. The molecule has 2 aromatic rings. The third kappa shape index (κ3) is 4.68. The summed E-state index contributed by atoms with van der Waals surface area (Å²) >= 11 is 2.03. The van der Waals surface area contributed by atoms with Crippen molar-refractivity contribution in [1.29, 1.82) is 0 Å². The molecule has 1 aliphatic rings. The minimum absolute atomic E-state index is 0.329. The predicted molar refractivity (Wildman–Crippen MR) is 109 cm³/mol. The van der Waals surface area contributed by atoms with E-state index >= 15 is 0 Å². The van der Waals surface area contributed by atoms with Crippen LogP contribution in [-0.2, 0) is 4.79 Å². The van der Waals surface area contributed by atoms with Gasteiger partial charge in [-0.15, -0.1) is 11.8 Å². The number of carboxylic acid groups (broad SMARTS) is 1. The second-order valence-electron chi connectivity index (χ2n) is 6.84. The van der Waals surface area contributed by atoms with E-state index in [0.717, 1.165) is 25.9 Å². The van der Waals surface area contributed by atoms with Crippen molar-refractivity contribution in [2.45, 2.75) is 42.7 Å². The number of rotatable bonds is 7. The van der Waals surface area contributed by atoms with Gasteiger partial charge in [0, 0.05) is 18.3 Å². The van der Waals surface area contributed by atoms with E-state index < -0.39 is 5.97 Å². The highest BCUT2D eigenvalue weighted by Gasteiger charge is 2.30. The first-order valence-corrected chi connectivity index (χ1v) is 10.4. The van der Waals surface area contributed by atoms with Crippen LogP contribution in [0.4, 0.5) is 0 Å². The van der Waals surface area contributed by atoms with Gasteiger partial charge in [-0.3, -0.25) is 9.69 Å². The summed E-state index contributed by atoms with van der Waals surface area (Å²) in [6.07, 6.45) is 2.76. The van der Waals surface area contributed by atoms with E-state index in [1.165, 1.54) is 11.1 Å². The number of hydrogen-bond donors (Lipinski definition) is 1. The summed E-state index contributed by atoms with van der Waals surface area (Å²) in [4.78, 5) is 13.6. The fourth-order valence-electron chi connectivity index (χ4n) is 3.71. The summed E-state index contributed by atoms with van der Waals surface area (Å²) in [6, 6.07) is 21.0. The van der Waals surface area contributed by atoms with Crippen LogP contribution < -0.4 is 0 Å². The molecular formula is C22H27NO2S. The molecule has 1 fully saturated rings. The molecule has 0 aromatic heterocycles. The van der Waals surface area contributed by atoms with Gasteiger partial charge in [0.1, 0.15) is 6.04 Å². The lowest BCUT2D eigenvalue weighted by molar-refractivity contribution is -0.143. The number of benzene rings is 2. The molecule has 1 heterocycles. The monoisotopic (exact) mass is 369 g/mol. The van der Waals surface area contributed by atoms with E-state index in [1.807, 2.05) is 18.7 Å². The summed E-state index contributed by atoms with van der Waals surface area (Å²) in [6.45, 7) is 3.71. The summed E-state index contributed by atoms with van der Waals surface area (Å²) in [5.74, 6) is -0.690. The van der Waals surface area contributed by atoms with E-state index in [1.54, 1.807) is 0 Å². The molecule has 26 heavy (non-hydrogen) atoms. The Morgan fingerprint density at radius 3 is 1.96 bits per heavy atom. The van der Waals surface area contributed by atoms with Gasteiger partial charge < -0.3 is 5.11 Å². The molecule has 0 bridgehead atoms. The topological polar surface area (TPSA) is 40.5 Å². The third-order valence-electron chi connectivity index (χ3n) is 5.12. The van der Waals surface area contributed by atoms with Crippen LogP contribution in [0.1, 0.15) is 42.6 Å². The Morgan fingerprint density at radius 1 is 1.04 bits per heavy atom. The minimum atomic E-state index is -0.690. The number of carbonyl (C=O) groups is 1. The molecule has 1 unspecified atom stereocenters. The largest absolute Gasteiger partial charge is 0.480 e. The molecule has 0 saturated carbocycles. The number of piperidine rings is 1. The molecule has 138 valence electrons. The van der Waals surface area contributed by atoms with E-state index in [4.69, 9.17) is 0 Å². The van der Waals surface area contributed by atoms with Gasteiger partial charge in [-0.25, -0.2) is 0 Å². The Balaban J connectivity index is 1.68. The summed E-state index contributed by atoms with van der Waals surface area (Å²) in [7, 11) is 0. The van der Waals surface area contributed by atoms with Crippen molar-refractivity contribution in [2.75, 3.05) is 13.1 Å². The number of aliphatic carboxylic acids is 1. The fraction of sp³-hybridized carbons (Fsp3) is 0.409. The number of likely N-dealkylation sites (tertiary alicyclic amines) is 1. The van der Waals surface area contributed by atoms with Crippen LogP contribution in [-0.4, -0.2) is 40.4 Å². The van der Waals surface area contributed by atoms with Gasteiger partial charge in [-0.2, -0.15) is 0 Å². The third-order valence-corrected chi connectivity index (χ3v) is 6.80. The maximum atomic E-state index is 11.4. The first-order valence-electron chi connectivity index (χ1n) is 9.41. The van der Waals surface area contributed by atoms with Crippen molar-refractivity contribution in [3.05, 3.63) is 71.8 Å². The van der Waals surface area contributed by atoms with Crippen LogP contribution in [0.2, 0.25) is 0 Å². The van der Waals surface area contributed by atoms with E-state index in [-0.39, 0.29) is 6.04 Å². The molecule has 3 nitrogen and oxygen atoms in total. The van der Waals surface area contributed by atoms with Crippen LogP contribution in [0.3, 0.4) is 0 Å². The highest BCUT2D eigenvalue weighted by molar-refractivity contribution is 8.00. The zero-order valence-electron chi connectivity index (χ0n) is 15.3. The average Bonchev–Trinajstić information content (AvgIpc) is 2.69. The van der Waals surface area contributed by atoms with Crippen LogP contribution in [0.15, 0.2) is 60.7 Å². The molecule has 0 amide bonds. The van der Waals surface area contributed by atoms with Gasteiger partial charge in [0.05, 0.1) is 5.25 Å². The number of hydrogen-bond acceptors (Lipinski definition) is 3. The van der Waals surface area contributed by atoms with E-state index in [0.29, 0.717) is 16.9 Å². The quantitative estimate of drug-likeness (QED) is 0.758. The lowest BCUT2D eigenvalue weighted by Crippen LogP contribution is -2.45. The number of thioether (sulfide) groups is 1. The molecule has 1 N–H and O–H groups in total. The summed E-state index contributed by atoms with van der Waals surface area (Å²) < 4.78 is 0. The van der Waals surface area contributed by atoms with Crippen molar-refractivity contribution in [3.8, 4) is 0 Å². The minimum Gasteiger partial charge on any atom is -0.480 e. The predicted octanol–water partition coefficient (Wildman–Crippen LogP) is 4.84. The normalized spacial score (nSPS) is 17.3. The van der Waals surface area contributed by atoms with Crippen molar-refractivity contribution < 1.29 is 9.90 Å². The highest BCUT2D eigenvalue weighted by atomic mass is 32.2. The standard InChI is InChI=1S/C22H27NO2S/c1-2-20(22(24)25)23-15-13-19(14-16-23)26-21(17-9-5-3-6-10-17)18-11-7-4-8-12-18/h3-12,19-21H,2,13-16H2,1H3,(H,24,25). The van der Waals surface area contributed by atoms with Gasteiger partial charge in [0.2, 0.25) is 0 Å². The summed E-state index contributed by atoms with van der Waals surface area (Å²) in [5, 5.41) is 10.3. The smallest absolute Gasteiger partial charge is 0.320 e. The second-order valence-corrected chi connectivity index (χ2v) is 8.25. The first-order chi connectivity index (χ1) is 12.7. The Labute approximate surface area is 160 Å². The van der Waals surface area contributed by atoms with E-state index in [9.17, 15) is 9.90 Å². The lowest BCUT2D eigenvalue weighted by atomic mass is 10.0. The van der Waals surface area contributed by atoms with Crippen molar-refractivity contribution >= 4 is 17.7 Å². The van der Waals surface area contributed by atoms with Crippen molar-refractivity contribution in [3.63, 3.8) is 0 Å². The van der Waals surface area contributed by atoms with Gasteiger partial charge in [-0.1, -0.05) is 67.6 Å². The molecular weight excluding hydrogens is 342 g/mol. The highest BCUT2D eigenvalue weighted by Crippen LogP contribution is 2.41. The molecule has 3 rings (SSSR count). The molecule has 1 atom stereocenters. The van der Waals surface area contributed by atoms with Crippen LogP contribution in [0.25, 0.3) is 0 Å². The van der Waals surface area contributed by atoms with Crippen molar-refractivity contribution in [2.24, 2.45) is 0 Å². The number of carboxylic acids is 1. The fourth-order valence-corrected chi connectivity index (χ4v) is 5.21. The van der Waals surface area contributed by atoms with Crippen LogP contribution in [0.5, 0.6) is 0 Å². The van der Waals surface area contributed by atoms with Gasteiger partial charge in [0.15, 0.2) is 0 Å². The van der Waals surface area contributed by atoms with Crippen molar-refractivity contribution in [1.82, 2.24) is 4.90 Å². The zero-order chi connectivity index (χ0) is 18.4. The Bertz CT molecular complexity index is 644. The first kappa shape index (κ1) is 19.0. The van der Waals surface area contributed by atoms with E-state index in [2.05, 4.69) is 65.6 Å². The molecule has 2 aromatic carbocycles. The average molecular weight is 370 g/mol. The number of nitrogens with zero attached hydrogens (tertiary/aromatic N) is 1. The van der Waals surface area contributed by atoms with Gasteiger partial charge in [-0.05, 0) is 30.4 Å². The molecule has 0 aliphatic carbocycles.